The first kappa shape index (κ1) is 21.2. The zero-order valence-electron chi connectivity index (χ0n) is 19.2. The summed E-state index contributed by atoms with van der Waals surface area (Å²) in [6.07, 6.45) is 1.19. The molecule has 2 atom stereocenters. The lowest BCUT2D eigenvalue weighted by atomic mass is 9.88. The maximum absolute atomic E-state index is 13.5. The Morgan fingerprint density at radius 1 is 1.03 bits per heavy atom. The van der Waals surface area contributed by atoms with Crippen molar-refractivity contribution in [3.05, 3.63) is 53.2 Å². The molecule has 2 aliphatic rings. The van der Waals surface area contributed by atoms with Gasteiger partial charge in [-0.05, 0) is 35.7 Å². The smallest absolute Gasteiger partial charge is 0.328 e. The zero-order valence-corrected chi connectivity index (χ0v) is 19.2. The number of nitrogens with zero attached hydrogens (tertiary/aromatic N) is 2. The number of amides is 3. The minimum atomic E-state index is -0.556. The lowest BCUT2D eigenvalue weighted by Gasteiger charge is -2.36. The van der Waals surface area contributed by atoms with Crippen molar-refractivity contribution in [3.63, 3.8) is 0 Å². The molecule has 172 valence electrons. The number of H-pyrrole nitrogens is 1. The predicted molar refractivity (Wildman–Crippen MR) is 123 cm³/mol. The molecule has 1 fully saturated rings. The molecular formula is C25H27N3O5. The number of benzene rings is 2. The van der Waals surface area contributed by atoms with Crippen LogP contribution in [0.1, 0.15) is 36.2 Å². The van der Waals surface area contributed by atoms with E-state index in [0.717, 1.165) is 27.7 Å². The summed E-state index contributed by atoms with van der Waals surface area (Å²) in [6.45, 7) is 2.37. The first-order chi connectivity index (χ1) is 16.0. The van der Waals surface area contributed by atoms with E-state index in [2.05, 4.69) is 11.1 Å². The van der Waals surface area contributed by atoms with Crippen LogP contribution in [0.4, 0.5) is 4.79 Å². The zero-order chi connectivity index (χ0) is 23.3. The molecule has 0 bridgehead atoms. The Labute approximate surface area is 192 Å². The predicted octanol–water partition coefficient (Wildman–Crippen LogP) is 3.88. The number of aromatic nitrogens is 1. The number of imide groups is 1. The number of hydrogen-bond acceptors (Lipinski definition) is 5. The molecule has 0 radical (unpaired) electrons. The summed E-state index contributed by atoms with van der Waals surface area (Å²) in [5.74, 6) is 1.32. The highest BCUT2D eigenvalue weighted by atomic mass is 16.5. The van der Waals surface area contributed by atoms with Crippen molar-refractivity contribution in [2.24, 2.45) is 0 Å². The van der Waals surface area contributed by atoms with Gasteiger partial charge < -0.3 is 19.2 Å². The number of para-hydroxylation sites is 1. The van der Waals surface area contributed by atoms with Gasteiger partial charge in [-0.25, -0.2) is 4.79 Å². The number of fused-ring (bicyclic) bond motifs is 4. The first-order valence-corrected chi connectivity index (χ1v) is 11.1. The van der Waals surface area contributed by atoms with Crippen LogP contribution >= 0.6 is 0 Å². The SMILES string of the molecule is CCCN1C(=O)[C@@H]2Cc3c([nH]c4ccccc34)C(c3cc(OC)c(OC)c(OC)c3)N2C1=O. The molecule has 1 N–H and O–H groups in total. The fourth-order valence-electron chi connectivity index (χ4n) is 5.16. The van der Waals surface area contributed by atoms with Crippen molar-refractivity contribution in [2.45, 2.75) is 31.8 Å². The van der Waals surface area contributed by atoms with Crippen LogP contribution < -0.4 is 14.2 Å². The molecule has 8 nitrogen and oxygen atoms in total. The second-order valence-corrected chi connectivity index (χ2v) is 8.32. The van der Waals surface area contributed by atoms with Gasteiger partial charge in [0, 0.05) is 29.6 Å². The fourth-order valence-corrected chi connectivity index (χ4v) is 5.16. The number of carbonyl (C=O) groups excluding carboxylic acids is 2. The highest BCUT2D eigenvalue weighted by Crippen LogP contribution is 2.47. The third-order valence-electron chi connectivity index (χ3n) is 6.58. The summed E-state index contributed by atoms with van der Waals surface area (Å²) in [5.41, 5.74) is 3.72. The average Bonchev–Trinajstić information content (AvgIpc) is 3.32. The number of ether oxygens (including phenoxy) is 3. The lowest BCUT2D eigenvalue weighted by Crippen LogP contribution is -2.44. The van der Waals surface area contributed by atoms with Gasteiger partial charge >= 0.3 is 6.03 Å². The van der Waals surface area contributed by atoms with Crippen molar-refractivity contribution in [1.82, 2.24) is 14.8 Å². The van der Waals surface area contributed by atoms with Gasteiger partial charge in [-0.1, -0.05) is 25.1 Å². The van der Waals surface area contributed by atoms with Gasteiger partial charge in [-0.2, -0.15) is 0 Å². The van der Waals surface area contributed by atoms with Gasteiger partial charge in [0.25, 0.3) is 5.91 Å². The van der Waals surface area contributed by atoms with E-state index in [1.165, 1.54) is 4.90 Å². The molecule has 3 heterocycles. The van der Waals surface area contributed by atoms with Gasteiger partial charge in [0.15, 0.2) is 11.5 Å². The summed E-state index contributed by atoms with van der Waals surface area (Å²) in [5, 5.41) is 1.07. The summed E-state index contributed by atoms with van der Waals surface area (Å²) in [4.78, 5) is 33.4. The third-order valence-corrected chi connectivity index (χ3v) is 6.58. The molecule has 0 saturated carbocycles. The van der Waals surface area contributed by atoms with Crippen LogP contribution in [0.3, 0.4) is 0 Å². The number of methoxy groups -OCH3 is 3. The van der Waals surface area contributed by atoms with Crippen LogP contribution in [0.15, 0.2) is 36.4 Å². The largest absolute Gasteiger partial charge is 0.493 e. The number of urea groups is 1. The van der Waals surface area contributed by atoms with Gasteiger partial charge in [0.2, 0.25) is 5.75 Å². The van der Waals surface area contributed by atoms with Gasteiger partial charge in [-0.15, -0.1) is 0 Å². The van der Waals surface area contributed by atoms with E-state index in [-0.39, 0.29) is 11.9 Å². The second-order valence-electron chi connectivity index (χ2n) is 8.32. The first-order valence-electron chi connectivity index (χ1n) is 11.1. The van der Waals surface area contributed by atoms with Crippen molar-refractivity contribution in [2.75, 3.05) is 27.9 Å². The molecule has 33 heavy (non-hydrogen) atoms. The third kappa shape index (κ3) is 3.04. The number of hydrogen-bond donors (Lipinski definition) is 1. The second kappa shape index (κ2) is 8.03. The maximum atomic E-state index is 13.5. The number of rotatable bonds is 6. The van der Waals surface area contributed by atoms with E-state index in [4.69, 9.17) is 14.2 Å². The molecule has 3 amide bonds. The monoisotopic (exact) mass is 449 g/mol. The fraction of sp³-hybridized carbons (Fsp3) is 0.360. The molecule has 1 saturated heterocycles. The van der Waals surface area contributed by atoms with Crippen LogP contribution in [0.2, 0.25) is 0 Å². The van der Waals surface area contributed by atoms with Crippen molar-refractivity contribution in [3.8, 4) is 17.2 Å². The quantitative estimate of drug-likeness (QED) is 0.578. The van der Waals surface area contributed by atoms with Crippen molar-refractivity contribution >= 4 is 22.8 Å². The Bertz CT molecular complexity index is 1230. The van der Waals surface area contributed by atoms with Crippen molar-refractivity contribution in [1.29, 1.82) is 0 Å². The van der Waals surface area contributed by atoms with Crippen LogP contribution in [0.25, 0.3) is 10.9 Å². The highest BCUT2D eigenvalue weighted by molar-refractivity contribution is 6.05. The minimum absolute atomic E-state index is 0.143. The van der Waals surface area contributed by atoms with Gasteiger partial charge in [0.05, 0.1) is 21.3 Å². The van der Waals surface area contributed by atoms with E-state index in [1.807, 2.05) is 37.3 Å². The van der Waals surface area contributed by atoms with Crippen LogP contribution in [-0.4, -0.2) is 60.6 Å². The number of aromatic amines is 1. The maximum Gasteiger partial charge on any atom is 0.328 e. The molecule has 5 rings (SSSR count). The summed E-state index contributed by atoms with van der Waals surface area (Å²) >= 11 is 0. The van der Waals surface area contributed by atoms with E-state index < -0.39 is 12.1 Å². The normalized spacial score (nSPS) is 19.6. The molecule has 8 heteroatoms. The van der Waals surface area contributed by atoms with Crippen molar-refractivity contribution < 1.29 is 23.8 Å². The minimum Gasteiger partial charge on any atom is -0.493 e. The Morgan fingerprint density at radius 2 is 1.73 bits per heavy atom. The topological polar surface area (TPSA) is 84.1 Å². The van der Waals surface area contributed by atoms with E-state index >= 15 is 0 Å². The Kier molecular flexibility index (Phi) is 5.15. The molecule has 0 spiro atoms. The highest BCUT2D eigenvalue weighted by Gasteiger charge is 2.52. The number of nitrogens with one attached hydrogen (secondary N) is 1. The molecule has 3 aromatic rings. The molecule has 2 aromatic carbocycles. The molecule has 0 aliphatic carbocycles. The lowest BCUT2D eigenvalue weighted by molar-refractivity contribution is -0.128. The molecule has 1 unspecified atom stereocenters. The summed E-state index contributed by atoms with van der Waals surface area (Å²) in [7, 11) is 4.68. The Balaban J connectivity index is 1.75. The number of carbonyl (C=O) groups is 2. The average molecular weight is 450 g/mol. The van der Waals surface area contributed by atoms with E-state index in [9.17, 15) is 9.59 Å². The molecular weight excluding hydrogens is 422 g/mol. The van der Waals surface area contributed by atoms with Crippen LogP contribution in [-0.2, 0) is 11.2 Å². The van der Waals surface area contributed by atoms with Gasteiger partial charge in [0.1, 0.15) is 12.1 Å². The summed E-state index contributed by atoms with van der Waals surface area (Å²) < 4.78 is 16.7. The molecule has 1 aromatic heterocycles. The standard InChI is InChI=1S/C25H27N3O5/c1-5-10-27-24(29)18-13-16-15-8-6-7-9-17(15)26-21(16)22(28(18)25(27)30)14-11-19(31-2)23(33-4)20(12-14)32-3/h6-9,11-12,18,22,26H,5,10,13H2,1-4H3/t18-,22?/m0/s1. The Morgan fingerprint density at radius 3 is 2.36 bits per heavy atom. The van der Waals surface area contributed by atoms with Crippen LogP contribution in [0, 0.1) is 0 Å². The molecule has 2 aliphatic heterocycles. The van der Waals surface area contributed by atoms with Crippen LogP contribution in [0.5, 0.6) is 17.2 Å². The van der Waals surface area contributed by atoms with E-state index in [0.29, 0.717) is 36.6 Å². The Hall–Kier alpha value is -3.68. The summed E-state index contributed by atoms with van der Waals surface area (Å²) in [6, 6.07) is 10.4. The van der Waals surface area contributed by atoms with Gasteiger partial charge in [-0.3, -0.25) is 14.6 Å². The van der Waals surface area contributed by atoms with E-state index in [1.54, 1.807) is 26.2 Å².